The third-order valence-electron chi connectivity index (χ3n) is 16.8. The van der Waals surface area contributed by atoms with E-state index in [1.807, 2.05) is 191 Å². The molecule has 0 fully saturated rings. The van der Waals surface area contributed by atoms with Crippen molar-refractivity contribution in [2.24, 2.45) is 4.99 Å². The van der Waals surface area contributed by atoms with Crippen molar-refractivity contribution in [1.29, 1.82) is 0 Å². The Bertz CT molecular complexity index is 5240. The van der Waals surface area contributed by atoms with Crippen LogP contribution in [-0.4, -0.2) is 118 Å². The number of hydrogen-bond donors (Lipinski definition) is 2. The number of carbonyl (C=O) groups excluding carboxylic acids is 7. The van der Waals surface area contributed by atoms with E-state index in [1.54, 1.807) is 104 Å². The molecule has 0 atom stereocenters. The Hall–Kier alpha value is -5.21. The van der Waals surface area contributed by atoms with Gasteiger partial charge in [0.1, 0.15) is 51.6 Å². The van der Waals surface area contributed by atoms with Gasteiger partial charge in [0.15, 0.2) is 11.4 Å². The number of nitrogens with zero attached hydrogens (tertiary/aromatic N) is 3. The van der Waals surface area contributed by atoms with E-state index in [4.69, 9.17) is 59.0 Å². The van der Waals surface area contributed by atoms with Gasteiger partial charge in [0.05, 0.1) is 39.6 Å². The molecule has 2 N–H and O–H groups in total. The normalized spacial score (nSPS) is 10.7. The van der Waals surface area contributed by atoms with Crippen molar-refractivity contribution in [3.63, 3.8) is 0 Å². The SMILES string of the molecule is CC.CCI.CCOC(=O)C(Cc1ccc(Oc2ccccc2)cc1)(NC(C)=O)C(=O)OCC.CCOC(=O)C1(C(=O)OCC)Cc2ccc(Oc3ccccc3)cc2C(C)=N1.CCOC(=O)c1cc2ccc(Oc3ccccc3)cc2c(C)n1.CCOC(=O)c1nc(C)c2cc(Oc3ccccc3)ccc2c1O.Cc1ccc(CCl)cc1.IC(I)I.[CH3-].[CH3-].[I][V]([I])[I].[I][V][I]. The quantitative estimate of drug-likeness (QED) is 0.0142. The van der Waals surface area contributed by atoms with Gasteiger partial charge < -0.3 is 72.6 Å². The average molecular weight is 2900 g/mol. The zero-order valence-corrected chi connectivity index (χ0v) is 98.5. The zero-order valence-electron chi connectivity index (χ0n) is 75.5. The Kier molecular flexibility index (Phi) is 65.7. The summed E-state index contributed by atoms with van der Waals surface area (Å²) in [5.74, 6) is 1.25. The molecule has 22 nitrogen and oxygen atoms in total. The van der Waals surface area contributed by atoms with Gasteiger partial charge in [-0.3, -0.25) is 9.79 Å². The summed E-state index contributed by atoms with van der Waals surface area (Å²) in [6.45, 7) is 25.9. The summed E-state index contributed by atoms with van der Waals surface area (Å²) in [4.78, 5) is 98.8. The molecule has 0 aliphatic carbocycles. The molecule has 0 saturated carbocycles. The maximum atomic E-state index is 12.7. The van der Waals surface area contributed by atoms with Crippen LogP contribution in [0, 0.1) is 35.6 Å². The second kappa shape index (κ2) is 69.6. The van der Waals surface area contributed by atoms with E-state index in [1.165, 1.54) is 22.5 Å². The summed E-state index contributed by atoms with van der Waals surface area (Å²) in [7, 11) is 0.628. The van der Waals surface area contributed by atoms with Gasteiger partial charge in [0.2, 0.25) is 11.4 Å². The molecular weight excluding hydrogens is 2790 g/mol. The first-order chi connectivity index (χ1) is 61.8. The molecule has 2 aromatic heterocycles. The fourth-order valence-corrected chi connectivity index (χ4v) is 11.7. The second-order valence-corrected chi connectivity index (χ2v) is 85.8. The number of esters is 6. The van der Waals surface area contributed by atoms with E-state index in [2.05, 4.69) is 237 Å². The number of aromatic hydroxyl groups is 1. The molecule has 707 valence electrons. The van der Waals surface area contributed by atoms with Gasteiger partial charge in [-0.05, 0) is 205 Å². The Balaban J connectivity index is 0.000000799. The third kappa shape index (κ3) is 44.4. The van der Waals surface area contributed by atoms with Crippen LogP contribution in [0.2, 0.25) is 0 Å². The summed E-state index contributed by atoms with van der Waals surface area (Å²) in [5.41, 5.74) is 3.27. The van der Waals surface area contributed by atoms with Gasteiger partial charge in [0, 0.05) is 64.5 Å². The molecule has 0 radical (unpaired) electrons. The molecular formula is C97H109ClI9N4O18V2-2. The van der Waals surface area contributed by atoms with E-state index >= 15 is 0 Å². The third-order valence-corrected chi connectivity index (χ3v) is 17.1. The Morgan fingerprint density at radius 2 is 0.847 bits per heavy atom. The van der Waals surface area contributed by atoms with Crippen LogP contribution in [0.4, 0.5) is 0 Å². The molecule has 0 saturated heterocycles. The molecule has 0 spiro atoms. The summed E-state index contributed by atoms with van der Waals surface area (Å²) in [5, 5.41) is 15.9. The first-order valence-electron chi connectivity index (χ1n) is 40.2. The number of carbonyl (C=O) groups is 7. The molecule has 34 heteroatoms. The second-order valence-electron chi connectivity index (χ2n) is 25.9. The molecule has 131 heavy (non-hydrogen) atoms. The van der Waals surface area contributed by atoms with Crippen molar-refractivity contribution in [1.82, 2.24) is 15.3 Å². The standard InChI is InChI=1S/C22H25NO6.C22H23NO5.C19H17NO4.C19H17NO3.C8H9Cl.C2H5I.C2H6.CHI3.2CH3.5HI.2V/c1-4-27-20(25)22(23-16(3)24,21(26)28-5-2)15-17-11-13-19(14-12-17)29-18-9-7-6-8-10-18;1-4-26-20(24)22(21(25)27-5-2)14-16-11-12-18(13-19(16)15(3)23-22)28-17-9-7-6-8-10-17;1-3-23-19(22)17-18(21)15-10-9-14(11-16(15)12(2)20-17)24-13-7-5-4-6-8-13;1-3-22-19(21)18-11-14-9-10-16(12-17(14)13(2)20-18)23-15-7-5-4-6-8-15;1-7-2-4-8(6-9)5-3-7;1-2-3;1-2;2-1(3)4;;;;;;;;;/h6-14H,4-5,15H2,1-3H3,(H,23,24);6-13H,4-5,14H2,1-3H3;4-11,21H,3H2,1-2H3;4-12H,3H2,1-2H3;2-5H,6H2,1H3;2H2,1H3;1-2H3;1H;2*1H3;5*1H;;/q;;;;;;;;2*-1;;;;;;+2;+3/p-5. The predicted molar refractivity (Wildman–Crippen MR) is 596 cm³/mol. The molecule has 1 aliphatic heterocycles. The minimum absolute atomic E-state index is 0. The Morgan fingerprint density at radius 1 is 0.489 bits per heavy atom. The number of aryl methyl sites for hydroxylation is 3. The van der Waals surface area contributed by atoms with E-state index in [-0.39, 0.29) is 77.1 Å². The number of ether oxygens (including phenoxy) is 10. The molecule has 9 aromatic carbocycles. The monoisotopic (exact) mass is 2900 g/mol. The molecule has 3 heterocycles. The van der Waals surface area contributed by atoms with Crippen molar-refractivity contribution in [3.8, 4) is 51.7 Å². The van der Waals surface area contributed by atoms with E-state index in [9.17, 15) is 38.7 Å². The van der Waals surface area contributed by atoms with Crippen molar-refractivity contribution in [2.45, 2.75) is 127 Å². The van der Waals surface area contributed by atoms with E-state index in [0.717, 1.165) is 50.5 Å². The van der Waals surface area contributed by atoms with Gasteiger partial charge in [0.25, 0.3) is 5.54 Å². The number of pyridine rings is 2. The van der Waals surface area contributed by atoms with Crippen LogP contribution < -0.4 is 24.3 Å². The Labute approximate surface area is 897 Å². The number of hydrogen-bond acceptors (Lipinski definition) is 21. The first kappa shape index (κ1) is 124. The molecule has 1 amide bonds. The van der Waals surface area contributed by atoms with Gasteiger partial charge in [-0.15, -0.1) is 11.6 Å². The number of para-hydroxylation sites is 4. The summed E-state index contributed by atoms with van der Waals surface area (Å²) in [6, 6.07) is 71.1. The minimum atomic E-state index is -1.96. The van der Waals surface area contributed by atoms with Crippen molar-refractivity contribution in [3.05, 3.63) is 296 Å². The van der Waals surface area contributed by atoms with Crippen molar-refractivity contribution < 1.29 is 100 Å². The van der Waals surface area contributed by atoms with Gasteiger partial charge in [-0.1, -0.05) is 238 Å². The molecule has 12 rings (SSSR count). The topological polar surface area (TPSA) is 282 Å². The number of benzene rings is 9. The van der Waals surface area contributed by atoms with Crippen LogP contribution in [0.5, 0.6) is 51.7 Å². The van der Waals surface area contributed by atoms with Crippen LogP contribution >= 0.6 is 202 Å². The summed E-state index contributed by atoms with van der Waals surface area (Å²) < 4.78 is 55.6. The number of rotatable bonds is 24. The maximum absolute atomic E-state index is 12.7. The van der Waals surface area contributed by atoms with E-state index in [0.29, 0.717) is 78.4 Å². The van der Waals surface area contributed by atoms with Crippen LogP contribution in [0.15, 0.2) is 236 Å². The number of amides is 1. The van der Waals surface area contributed by atoms with Crippen LogP contribution in [0.3, 0.4) is 0 Å². The van der Waals surface area contributed by atoms with Crippen LogP contribution in [0.1, 0.15) is 136 Å². The molecule has 0 unspecified atom stereocenters. The van der Waals surface area contributed by atoms with Crippen LogP contribution in [0.25, 0.3) is 21.5 Å². The zero-order chi connectivity index (χ0) is 96.0. The fraction of sp³-hybridized carbons (Fsp3) is 0.278. The van der Waals surface area contributed by atoms with Crippen molar-refractivity contribution >= 4 is 271 Å². The van der Waals surface area contributed by atoms with E-state index < -0.39 is 52.8 Å². The average Bonchev–Trinajstić information content (AvgIpc) is 0.755. The number of halogens is 10. The number of alkyl halides is 5. The summed E-state index contributed by atoms with van der Waals surface area (Å²) in [6.07, 6.45) is -0.0289. The van der Waals surface area contributed by atoms with Crippen LogP contribution in [-0.2, 0) is 85.5 Å². The molecule has 1 aliphatic rings. The van der Waals surface area contributed by atoms with Gasteiger partial charge >= 0.3 is 150 Å². The van der Waals surface area contributed by atoms with Gasteiger partial charge in [-0.25, -0.2) is 38.7 Å². The number of nitrogens with one attached hydrogen (secondary N) is 1. The summed E-state index contributed by atoms with van der Waals surface area (Å²) >= 11 is 26.9. The molecule has 0 bridgehead atoms. The molecule has 11 aromatic rings. The number of aromatic nitrogens is 2. The first-order valence-corrected chi connectivity index (χ1v) is 68.5. The van der Waals surface area contributed by atoms with Gasteiger partial charge in [-0.2, -0.15) is 0 Å². The predicted octanol–water partition coefficient (Wildman–Crippen LogP) is 28.6. The number of fused-ring (bicyclic) bond motifs is 3. The number of aliphatic imine (C=N–C) groups is 1. The fourth-order valence-electron chi connectivity index (χ4n) is 11.5. The Morgan fingerprint density at radius 3 is 1.26 bits per heavy atom. The van der Waals surface area contributed by atoms with Crippen molar-refractivity contribution in [2.75, 3.05) is 44.1 Å².